The molecule has 0 spiro atoms. The minimum absolute atomic E-state index is 0.0616. The van der Waals surface area contributed by atoms with Gasteiger partial charge in [-0.1, -0.05) is 13.8 Å². The number of benzene rings is 1. The van der Waals surface area contributed by atoms with E-state index in [4.69, 9.17) is 5.73 Å². The second-order valence-corrected chi connectivity index (χ2v) is 6.04. The summed E-state index contributed by atoms with van der Waals surface area (Å²) in [6.45, 7) is 5.37. The molecule has 0 radical (unpaired) electrons. The number of rotatable bonds is 2. The van der Waals surface area contributed by atoms with Gasteiger partial charge in [-0.25, -0.2) is 13.6 Å². The molecule has 1 saturated carbocycles. The van der Waals surface area contributed by atoms with E-state index in [0.717, 1.165) is 7.11 Å². The minimum atomic E-state index is -4.73. The van der Waals surface area contributed by atoms with E-state index >= 15 is 0 Å². The largest absolute Gasteiger partial charge is 0.465 e. The third-order valence-corrected chi connectivity index (χ3v) is 4.51. The number of esters is 1. The SMILES string of the molecule is CC.COC(=O)c1cc(C(F)(F)F)c(C2CCC(F)(F)CC2)c(C)c1N. The highest BCUT2D eigenvalue weighted by molar-refractivity contribution is 5.96. The van der Waals surface area contributed by atoms with Crippen LogP contribution < -0.4 is 5.73 Å². The van der Waals surface area contributed by atoms with Gasteiger partial charge in [0.15, 0.2) is 0 Å². The molecule has 0 bridgehead atoms. The van der Waals surface area contributed by atoms with E-state index in [2.05, 4.69) is 4.74 Å². The van der Waals surface area contributed by atoms with Crippen LogP contribution in [0.5, 0.6) is 0 Å². The van der Waals surface area contributed by atoms with E-state index in [1.165, 1.54) is 6.92 Å². The highest BCUT2D eigenvalue weighted by Gasteiger charge is 2.42. The number of methoxy groups -OCH3 is 1. The fourth-order valence-corrected chi connectivity index (χ4v) is 3.22. The van der Waals surface area contributed by atoms with Crippen LogP contribution in [0.1, 0.15) is 72.5 Å². The van der Waals surface area contributed by atoms with Crippen molar-refractivity contribution >= 4 is 11.7 Å². The van der Waals surface area contributed by atoms with E-state index in [1.54, 1.807) is 0 Å². The Kier molecular flexibility index (Phi) is 7.02. The molecule has 0 aliphatic heterocycles. The fourth-order valence-electron chi connectivity index (χ4n) is 3.22. The molecule has 1 aromatic carbocycles. The highest BCUT2D eigenvalue weighted by atomic mass is 19.4. The Bertz CT molecular complexity index is 646. The van der Waals surface area contributed by atoms with Crippen LogP contribution in [-0.2, 0) is 10.9 Å². The zero-order valence-electron chi connectivity index (χ0n) is 15.3. The lowest BCUT2D eigenvalue weighted by molar-refractivity contribution is -0.138. The van der Waals surface area contributed by atoms with Gasteiger partial charge in [-0.2, -0.15) is 13.2 Å². The number of hydrogen-bond donors (Lipinski definition) is 1. The van der Waals surface area contributed by atoms with Crippen molar-refractivity contribution in [2.45, 2.75) is 64.5 Å². The van der Waals surface area contributed by atoms with Gasteiger partial charge in [0.25, 0.3) is 0 Å². The van der Waals surface area contributed by atoms with Crippen molar-refractivity contribution in [3.05, 3.63) is 28.3 Å². The quantitative estimate of drug-likeness (QED) is 0.406. The summed E-state index contributed by atoms with van der Waals surface area (Å²) in [5, 5.41) is 0. The molecule has 0 aromatic heterocycles. The van der Waals surface area contributed by atoms with Crippen molar-refractivity contribution in [1.29, 1.82) is 0 Å². The monoisotopic (exact) mass is 381 g/mol. The van der Waals surface area contributed by atoms with Gasteiger partial charge >= 0.3 is 12.1 Å². The van der Waals surface area contributed by atoms with Crippen molar-refractivity contribution < 1.29 is 31.5 Å². The summed E-state index contributed by atoms with van der Waals surface area (Å²) in [4.78, 5) is 11.7. The van der Waals surface area contributed by atoms with Crippen molar-refractivity contribution in [1.82, 2.24) is 0 Å². The molecule has 2 N–H and O–H groups in total. The van der Waals surface area contributed by atoms with E-state index in [9.17, 15) is 26.7 Å². The molecule has 1 fully saturated rings. The van der Waals surface area contributed by atoms with Crippen molar-refractivity contribution in [2.75, 3.05) is 12.8 Å². The van der Waals surface area contributed by atoms with Gasteiger partial charge in [0.1, 0.15) is 0 Å². The second-order valence-electron chi connectivity index (χ2n) is 6.04. The smallest absolute Gasteiger partial charge is 0.416 e. The van der Waals surface area contributed by atoms with Crippen molar-refractivity contribution in [3.8, 4) is 0 Å². The summed E-state index contributed by atoms with van der Waals surface area (Å²) in [7, 11) is 1.04. The predicted octanol–water partition coefficient (Wildman–Crippen LogP) is 5.70. The first-order chi connectivity index (χ1) is 12.0. The zero-order valence-corrected chi connectivity index (χ0v) is 15.3. The van der Waals surface area contributed by atoms with Gasteiger partial charge < -0.3 is 10.5 Å². The number of carbonyl (C=O) groups is 1. The summed E-state index contributed by atoms with van der Waals surface area (Å²) >= 11 is 0. The Morgan fingerprint density at radius 1 is 1.23 bits per heavy atom. The Morgan fingerprint density at radius 3 is 2.15 bits per heavy atom. The third-order valence-electron chi connectivity index (χ3n) is 4.51. The minimum Gasteiger partial charge on any atom is -0.465 e. The molecule has 1 aliphatic rings. The first-order valence-electron chi connectivity index (χ1n) is 8.44. The summed E-state index contributed by atoms with van der Waals surface area (Å²) < 4.78 is 71.5. The molecular formula is C18H24F5NO2. The fraction of sp³-hybridized carbons (Fsp3) is 0.611. The number of nitrogen functional groups attached to an aromatic ring is 1. The third kappa shape index (κ3) is 4.65. The molecule has 0 amide bonds. The summed E-state index contributed by atoms with van der Waals surface area (Å²) in [5.74, 6) is -4.49. The average molecular weight is 381 g/mol. The Balaban J connectivity index is 0.00000163. The molecule has 8 heteroatoms. The lowest BCUT2D eigenvalue weighted by Crippen LogP contribution is -2.26. The maximum atomic E-state index is 13.5. The maximum Gasteiger partial charge on any atom is 0.416 e. The Labute approximate surface area is 149 Å². The van der Waals surface area contributed by atoms with E-state index in [-0.39, 0.29) is 35.2 Å². The van der Waals surface area contributed by atoms with Crippen LogP contribution in [0.25, 0.3) is 0 Å². The molecule has 0 saturated heterocycles. The molecule has 3 nitrogen and oxygen atoms in total. The van der Waals surface area contributed by atoms with E-state index < -0.39 is 42.4 Å². The Hall–Kier alpha value is -1.86. The second kappa shape index (κ2) is 8.22. The molecule has 1 aromatic rings. The average Bonchev–Trinajstić information content (AvgIpc) is 2.57. The van der Waals surface area contributed by atoms with Gasteiger partial charge in [0.05, 0.1) is 18.2 Å². The van der Waals surface area contributed by atoms with E-state index in [0.29, 0.717) is 6.07 Å². The predicted molar refractivity (Wildman–Crippen MR) is 89.4 cm³/mol. The van der Waals surface area contributed by atoms with Gasteiger partial charge in [-0.05, 0) is 42.9 Å². The number of anilines is 1. The topological polar surface area (TPSA) is 52.3 Å². The van der Waals surface area contributed by atoms with Crippen molar-refractivity contribution in [2.24, 2.45) is 0 Å². The molecule has 0 atom stereocenters. The maximum absolute atomic E-state index is 13.5. The number of nitrogens with two attached hydrogens (primary N) is 1. The molecular weight excluding hydrogens is 357 g/mol. The van der Waals surface area contributed by atoms with Gasteiger partial charge in [0.2, 0.25) is 5.92 Å². The number of halogens is 5. The standard InChI is InChI=1S/C16H18F5NO2.C2H6/c1-8-12(9-3-5-15(17,18)6-4-9)11(16(19,20)21)7-10(13(8)22)14(23)24-2;1-2/h7,9H,3-6,22H2,1-2H3;1-2H3. The van der Waals surface area contributed by atoms with Crippen LogP contribution in [0.4, 0.5) is 27.6 Å². The number of alkyl halides is 5. The summed E-state index contributed by atoms with van der Waals surface area (Å²) in [6, 6.07) is 0.663. The van der Waals surface area contributed by atoms with Crippen LogP contribution in [0, 0.1) is 6.92 Å². The molecule has 0 unspecified atom stereocenters. The van der Waals surface area contributed by atoms with Crippen LogP contribution in [-0.4, -0.2) is 19.0 Å². The highest BCUT2D eigenvalue weighted by Crippen LogP contribution is 2.47. The molecule has 2 rings (SSSR count). The van der Waals surface area contributed by atoms with E-state index in [1.807, 2.05) is 13.8 Å². The first-order valence-corrected chi connectivity index (χ1v) is 8.44. The molecule has 148 valence electrons. The van der Waals surface area contributed by atoms with Crippen LogP contribution in [0.15, 0.2) is 6.07 Å². The van der Waals surface area contributed by atoms with Gasteiger partial charge in [0, 0.05) is 18.5 Å². The summed E-state index contributed by atoms with van der Waals surface area (Å²) in [6.07, 6.45) is -5.78. The molecule has 0 heterocycles. The number of ether oxygens (including phenoxy) is 1. The van der Waals surface area contributed by atoms with Crippen LogP contribution in [0.3, 0.4) is 0 Å². The Morgan fingerprint density at radius 2 is 1.73 bits per heavy atom. The molecule has 1 aliphatic carbocycles. The summed E-state index contributed by atoms with van der Waals surface area (Å²) in [5.41, 5.74) is 4.33. The number of hydrogen-bond acceptors (Lipinski definition) is 3. The van der Waals surface area contributed by atoms with Crippen LogP contribution in [0.2, 0.25) is 0 Å². The van der Waals surface area contributed by atoms with Crippen LogP contribution >= 0.6 is 0 Å². The normalized spacial score (nSPS) is 17.3. The molecule has 26 heavy (non-hydrogen) atoms. The van der Waals surface area contributed by atoms with Gasteiger partial charge in [-0.15, -0.1) is 0 Å². The van der Waals surface area contributed by atoms with Gasteiger partial charge in [-0.3, -0.25) is 0 Å². The first kappa shape index (κ1) is 22.2. The lowest BCUT2D eigenvalue weighted by Gasteiger charge is -2.32. The zero-order chi connectivity index (χ0) is 20.3. The lowest BCUT2D eigenvalue weighted by atomic mass is 9.77. The number of carbonyl (C=O) groups excluding carboxylic acids is 1. The van der Waals surface area contributed by atoms with Crippen molar-refractivity contribution in [3.63, 3.8) is 0 Å².